The third-order valence-corrected chi connectivity index (χ3v) is 1.29. The summed E-state index contributed by atoms with van der Waals surface area (Å²) in [5.74, 6) is 0. The van der Waals surface area contributed by atoms with Gasteiger partial charge in [0, 0.05) is 4.90 Å². The van der Waals surface area contributed by atoms with Crippen molar-refractivity contribution in [2.45, 2.75) is 4.90 Å². The summed E-state index contributed by atoms with van der Waals surface area (Å²) in [7, 11) is 0. The third kappa shape index (κ3) is 8.80. The Morgan fingerprint density at radius 3 is 1.50 bits per heavy atom. The summed E-state index contributed by atoms with van der Waals surface area (Å²) >= 11 is 4.06. The molecular weight excluding hydrogens is 225 g/mol. The van der Waals surface area contributed by atoms with E-state index in [1.807, 2.05) is 6.07 Å². The van der Waals surface area contributed by atoms with Gasteiger partial charge in [0.2, 0.25) is 0 Å². The first-order valence-corrected chi connectivity index (χ1v) is 2.97. The van der Waals surface area contributed by atoms with Crippen molar-refractivity contribution >= 4 is 12.6 Å². The summed E-state index contributed by atoms with van der Waals surface area (Å²) in [6, 6.07) is 9.08. The van der Waals surface area contributed by atoms with Gasteiger partial charge in [0.1, 0.15) is 0 Å². The second kappa shape index (κ2) is 14.2. The summed E-state index contributed by atoms with van der Waals surface area (Å²) in [5, 5.41) is 8.35. The minimum atomic E-state index is 0. The molecule has 0 N–H and O–H groups in total. The Balaban J connectivity index is -0.0000000540. The summed E-state index contributed by atoms with van der Waals surface area (Å²) in [5.41, 5.74) is 0.674. The average molecular weight is 235 g/mol. The van der Waals surface area contributed by atoms with Gasteiger partial charge < -0.3 is 0 Å². The van der Waals surface area contributed by atoms with Crippen molar-refractivity contribution in [3.05, 3.63) is 29.8 Å². The largest absolute Gasteiger partial charge is 0.269 e. The number of nitrogens with zero attached hydrogens (tertiary/aromatic N) is 1. The monoisotopic (exact) mass is 235 g/mol. The molecular formula is C7H10F5NS. The van der Waals surface area contributed by atoms with Gasteiger partial charge in [-0.1, -0.05) is 0 Å². The molecule has 1 aromatic carbocycles. The van der Waals surface area contributed by atoms with Crippen molar-refractivity contribution in [1.82, 2.24) is 0 Å². The fraction of sp³-hybridized carbons (Fsp3) is 0. The van der Waals surface area contributed by atoms with Crippen LogP contribution >= 0.6 is 12.6 Å². The fourth-order valence-electron chi connectivity index (χ4n) is 0.536. The van der Waals surface area contributed by atoms with E-state index < -0.39 is 0 Å². The van der Waals surface area contributed by atoms with Crippen molar-refractivity contribution < 1.29 is 23.5 Å². The first kappa shape index (κ1) is 29.3. The smallest absolute Gasteiger partial charge is 0.0991 e. The molecule has 1 rings (SSSR count). The van der Waals surface area contributed by atoms with Crippen LogP contribution in [-0.2, 0) is 0 Å². The molecule has 7 heteroatoms. The summed E-state index contributed by atoms with van der Waals surface area (Å²) in [6.45, 7) is 0. The lowest BCUT2D eigenvalue weighted by molar-refractivity contribution is 1.11. The minimum Gasteiger partial charge on any atom is -0.269 e. The van der Waals surface area contributed by atoms with Gasteiger partial charge >= 0.3 is 0 Å². The molecule has 0 saturated heterocycles. The molecule has 0 saturated carbocycles. The Labute approximate surface area is 83.0 Å². The summed E-state index contributed by atoms with van der Waals surface area (Å²) in [6.07, 6.45) is 0. The molecule has 0 radical (unpaired) electrons. The second-order valence-corrected chi connectivity index (χ2v) is 2.18. The van der Waals surface area contributed by atoms with Crippen LogP contribution in [0.1, 0.15) is 5.56 Å². The number of hydrogen-bond donors (Lipinski definition) is 1. The Morgan fingerprint density at radius 1 is 0.857 bits per heavy atom. The molecule has 0 bridgehead atoms. The molecule has 1 nitrogen and oxygen atoms in total. The van der Waals surface area contributed by atoms with E-state index in [2.05, 4.69) is 12.6 Å². The van der Waals surface area contributed by atoms with E-state index in [1.54, 1.807) is 24.3 Å². The van der Waals surface area contributed by atoms with Crippen LogP contribution in [0.5, 0.6) is 0 Å². The first-order chi connectivity index (χ1) is 4.33. The lowest BCUT2D eigenvalue weighted by atomic mass is 10.2. The van der Waals surface area contributed by atoms with Gasteiger partial charge in [-0.05, 0) is 24.3 Å². The van der Waals surface area contributed by atoms with Crippen LogP contribution in [0.3, 0.4) is 0 Å². The van der Waals surface area contributed by atoms with Gasteiger partial charge in [-0.2, -0.15) is 5.26 Å². The second-order valence-electron chi connectivity index (χ2n) is 1.66. The predicted molar refractivity (Wildman–Crippen MR) is 50.9 cm³/mol. The van der Waals surface area contributed by atoms with Crippen LogP contribution < -0.4 is 0 Å². The lowest BCUT2D eigenvalue weighted by Crippen LogP contribution is -1.69. The topological polar surface area (TPSA) is 23.8 Å². The maximum Gasteiger partial charge on any atom is 0.0991 e. The van der Waals surface area contributed by atoms with Crippen LogP contribution in [0.4, 0.5) is 23.5 Å². The number of nitriles is 1. The van der Waals surface area contributed by atoms with E-state index >= 15 is 0 Å². The molecule has 0 aliphatic carbocycles. The lowest BCUT2D eigenvalue weighted by Gasteiger charge is -1.87. The number of rotatable bonds is 0. The van der Waals surface area contributed by atoms with Gasteiger partial charge in [0.05, 0.1) is 11.6 Å². The van der Waals surface area contributed by atoms with E-state index in [4.69, 9.17) is 5.26 Å². The molecule has 0 unspecified atom stereocenters. The third-order valence-electron chi connectivity index (χ3n) is 0.996. The zero-order valence-corrected chi connectivity index (χ0v) is 7.64. The van der Waals surface area contributed by atoms with Crippen molar-refractivity contribution in [3.63, 3.8) is 0 Å². The standard InChI is InChI=1S/C7H5NS.5FH/c8-5-6-1-3-7(9)4-2-6;;;;;/h1-4,9H;5*1H. The van der Waals surface area contributed by atoms with E-state index in [9.17, 15) is 0 Å². The van der Waals surface area contributed by atoms with E-state index in [0.717, 1.165) is 4.90 Å². The maximum atomic E-state index is 8.35. The molecule has 0 aromatic heterocycles. The SMILES string of the molecule is F.F.F.F.F.N#Cc1ccc(S)cc1. The highest BCUT2D eigenvalue weighted by Gasteiger charge is 1.85. The van der Waals surface area contributed by atoms with Crippen LogP contribution in [-0.4, -0.2) is 0 Å². The molecule has 0 aliphatic rings. The van der Waals surface area contributed by atoms with Crippen molar-refractivity contribution in [2.75, 3.05) is 0 Å². The van der Waals surface area contributed by atoms with Crippen molar-refractivity contribution in [1.29, 1.82) is 5.26 Å². The molecule has 14 heavy (non-hydrogen) atoms. The van der Waals surface area contributed by atoms with Gasteiger partial charge in [-0.3, -0.25) is 23.5 Å². The summed E-state index contributed by atoms with van der Waals surface area (Å²) < 4.78 is 0. The van der Waals surface area contributed by atoms with Gasteiger partial charge in [0.15, 0.2) is 0 Å². The van der Waals surface area contributed by atoms with Gasteiger partial charge in [-0.25, -0.2) is 0 Å². The highest BCUT2D eigenvalue weighted by atomic mass is 32.1. The highest BCUT2D eigenvalue weighted by molar-refractivity contribution is 7.80. The maximum absolute atomic E-state index is 8.35. The van der Waals surface area contributed by atoms with E-state index in [0.29, 0.717) is 5.56 Å². The Kier molecular flexibility index (Phi) is 29.8. The molecule has 0 atom stereocenters. The average Bonchev–Trinajstić information content (AvgIpc) is 1.90. The highest BCUT2D eigenvalue weighted by Crippen LogP contribution is 2.05. The molecule has 0 fully saturated rings. The van der Waals surface area contributed by atoms with Crippen molar-refractivity contribution in [3.8, 4) is 6.07 Å². The Bertz CT molecular complexity index is 245. The molecule has 0 aliphatic heterocycles. The van der Waals surface area contributed by atoms with E-state index in [-0.39, 0.29) is 23.5 Å². The molecule has 0 amide bonds. The Morgan fingerprint density at radius 2 is 1.21 bits per heavy atom. The zero-order valence-electron chi connectivity index (χ0n) is 6.75. The predicted octanol–water partition coefficient (Wildman–Crippen LogP) is 2.61. The minimum absolute atomic E-state index is 0. The first-order valence-electron chi connectivity index (χ1n) is 2.52. The molecule has 0 spiro atoms. The van der Waals surface area contributed by atoms with Crippen LogP contribution in [0.2, 0.25) is 0 Å². The van der Waals surface area contributed by atoms with E-state index in [1.165, 1.54) is 0 Å². The summed E-state index contributed by atoms with van der Waals surface area (Å²) in [4.78, 5) is 0.883. The molecule has 84 valence electrons. The van der Waals surface area contributed by atoms with Crippen LogP contribution in [0.25, 0.3) is 0 Å². The number of hydrogen-bond acceptors (Lipinski definition) is 2. The molecule has 1 aromatic rings. The van der Waals surface area contributed by atoms with Crippen molar-refractivity contribution in [2.24, 2.45) is 0 Å². The van der Waals surface area contributed by atoms with Crippen LogP contribution in [0.15, 0.2) is 29.2 Å². The normalized spacial score (nSPS) is 5.43. The zero-order chi connectivity index (χ0) is 6.69. The number of benzene rings is 1. The van der Waals surface area contributed by atoms with Gasteiger partial charge in [-0.15, -0.1) is 12.6 Å². The number of thiol groups is 1. The number of halogens is 5. The van der Waals surface area contributed by atoms with Gasteiger partial charge in [0.25, 0.3) is 0 Å². The quantitative estimate of drug-likeness (QED) is 0.542. The molecule has 0 heterocycles. The fourth-order valence-corrected chi connectivity index (χ4v) is 0.685. The Hall–Kier alpha value is -1.29. The van der Waals surface area contributed by atoms with Crippen LogP contribution in [0, 0.1) is 11.3 Å².